The summed E-state index contributed by atoms with van der Waals surface area (Å²) >= 11 is 0. The first-order valence-corrected chi connectivity index (χ1v) is 23.5. The van der Waals surface area contributed by atoms with E-state index in [4.69, 9.17) is 47.6 Å². The van der Waals surface area contributed by atoms with E-state index in [-0.39, 0.29) is 28.9 Å². The molecule has 2 saturated heterocycles. The minimum atomic E-state index is -4.34. The van der Waals surface area contributed by atoms with Crippen LogP contribution in [0.3, 0.4) is 0 Å². The van der Waals surface area contributed by atoms with Gasteiger partial charge in [-0.2, -0.15) is 15.1 Å². The van der Waals surface area contributed by atoms with Crippen LogP contribution in [-0.2, 0) is 40.9 Å². The predicted octanol–water partition coefficient (Wildman–Crippen LogP) is 3.05. The Hall–Kier alpha value is -5.88. The SMILES string of the molecule is C#C[C@@]1(F)[C@H](O)[C@@H](CO)O[C@H]1n1cnc2c(CC3CC3)nc(N)nc21.C#C[C@@]1(F)[C@H](O)[C@@H](COP(=O)(N[C@@H](C)C(=O)OC(C)C)Oc2ccccc2)O[C@H]1n1cnc2c(CC3CC3)nc(N)nc21. The first-order chi connectivity index (χ1) is 32.4. The Morgan fingerprint density at radius 3 is 1.81 bits per heavy atom. The van der Waals surface area contributed by atoms with E-state index in [2.05, 4.69) is 35.0 Å². The van der Waals surface area contributed by atoms with Crippen molar-refractivity contribution in [3.05, 3.63) is 54.4 Å². The molecule has 0 amide bonds. The summed E-state index contributed by atoms with van der Waals surface area (Å²) in [6.45, 7) is 3.56. The fourth-order valence-electron chi connectivity index (χ4n) is 7.95. The Balaban J connectivity index is 0.000000211. The number of nitrogen functional groups attached to an aromatic ring is 2. The van der Waals surface area contributed by atoms with Crippen LogP contribution in [0.2, 0.25) is 0 Å². The summed E-state index contributed by atoms with van der Waals surface area (Å²) < 4.78 is 75.7. The number of rotatable bonds is 16. The monoisotopic (exact) mass is 963 g/mol. The molecular weight excluding hydrogens is 912 g/mol. The number of para-hydroxylation sites is 1. The number of nitrogens with zero attached hydrogens (tertiary/aromatic N) is 8. The Morgan fingerprint density at radius 1 is 0.868 bits per heavy atom. The normalized spacial score (nSPS) is 28.1. The molecule has 21 nitrogen and oxygen atoms in total. The summed E-state index contributed by atoms with van der Waals surface area (Å²) in [7, 11) is -4.34. The molecule has 5 aromatic rings. The van der Waals surface area contributed by atoms with E-state index in [0.29, 0.717) is 40.7 Å². The average molecular weight is 964 g/mol. The van der Waals surface area contributed by atoms with E-state index < -0.39 is 87.3 Å². The predicted molar refractivity (Wildman–Crippen MR) is 239 cm³/mol. The Kier molecular flexibility index (Phi) is 13.8. The molecule has 0 radical (unpaired) electrons. The van der Waals surface area contributed by atoms with Crippen molar-refractivity contribution in [2.45, 2.75) is 120 Å². The minimum absolute atomic E-state index is 0.0244. The van der Waals surface area contributed by atoms with E-state index in [0.717, 1.165) is 32.1 Å². The largest absolute Gasteiger partial charge is 0.462 e. The van der Waals surface area contributed by atoms with Crippen LogP contribution in [0.4, 0.5) is 20.7 Å². The number of aliphatic hydroxyl groups is 3. The van der Waals surface area contributed by atoms with Crippen molar-refractivity contribution in [3.63, 3.8) is 0 Å². The molecule has 4 aliphatic rings. The first kappa shape index (κ1) is 48.6. The maximum Gasteiger partial charge on any atom is 0.459 e. The molecule has 2 aliphatic heterocycles. The Bertz CT molecular complexity index is 2780. The molecule has 9 rings (SSSR count). The van der Waals surface area contributed by atoms with Crippen LogP contribution >= 0.6 is 7.75 Å². The molecule has 24 heteroatoms. The lowest BCUT2D eigenvalue weighted by atomic mass is 9.97. The van der Waals surface area contributed by atoms with Gasteiger partial charge in [0.2, 0.25) is 23.2 Å². The Morgan fingerprint density at radius 2 is 1.35 bits per heavy atom. The molecule has 1 aromatic carbocycles. The lowest BCUT2D eigenvalue weighted by Gasteiger charge is -2.25. The number of aliphatic hydroxyl groups excluding tert-OH is 3. The summed E-state index contributed by atoms with van der Waals surface area (Å²) in [5, 5.41) is 32.9. The van der Waals surface area contributed by atoms with Gasteiger partial charge in [-0.3, -0.25) is 18.5 Å². The number of carbonyl (C=O) groups excluding carboxylic acids is 1. The zero-order valence-corrected chi connectivity index (χ0v) is 38.2. The summed E-state index contributed by atoms with van der Waals surface area (Å²) in [6, 6.07) is 6.98. The number of terminal acetylenes is 2. The van der Waals surface area contributed by atoms with Crippen LogP contribution in [0.1, 0.15) is 70.3 Å². The highest BCUT2D eigenvalue weighted by Crippen LogP contribution is 2.49. The maximum atomic E-state index is 16.3. The van der Waals surface area contributed by atoms with Gasteiger partial charge >= 0.3 is 13.7 Å². The fourth-order valence-corrected chi connectivity index (χ4v) is 9.45. The molecule has 68 heavy (non-hydrogen) atoms. The number of nitrogens with two attached hydrogens (primary N) is 2. The van der Waals surface area contributed by atoms with Gasteiger partial charge in [0.15, 0.2) is 23.8 Å². The van der Waals surface area contributed by atoms with Gasteiger partial charge < -0.3 is 45.5 Å². The van der Waals surface area contributed by atoms with Gasteiger partial charge in [0, 0.05) is 0 Å². The number of aromatic nitrogens is 8. The topological polar surface area (TPSA) is 292 Å². The van der Waals surface area contributed by atoms with Gasteiger partial charge in [-0.1, -0.05) is 30.0 Å². The highest BCUT2D eigenvalue weighted by Gasteiger charge is 2.59. The van der Waals surface area contributed by atoms with Gasteiger partial charge in [0.1, 0.15) is 47.2 Å². The second kappa shape index (κ2) is 19.3. The number of hydrogen-bond acceptors (Lipinski definition) is 18. The highest BCUT2D eigenvalue weighted by molar-refractivity contribution is 7.52. The third kappa shape index (κ3) is 9.84. The molecule has 2 saturated carbocycles. The number of ether oxygens (including phenoxy) is 3. The number of hydrogen-bond donors (Lipinski definition) is 6. The van der Waals surface area contributed by atoms with Crippen LogP contribution in [0, 0.1) is 36.5 Å². The van der Waals surface area contributed by atoms with E-state index >= 15 is 8.78 Å². The van der Waals surface area contributed by atoms with E-state index in [1.807, 2.05) is 11.8 Å². The van der Waals surface area contributed by atoms with Crippen molar-refractivity contribution in [1.29, 1.82) is 0 Å². The zero-order valence-electron chi connectivity index (χ0n) is 37.3. The number of imidazole rings is 2. The summed E-state index contributed by atoms with van der Waals surface area (Å²) in [6.07, 6.45) is 9.78. The number of carbonyl (C=O) groups is 1. The van der Waals surface area contributed by atoms with Gasteiger partial charge in [-0.15, -0.1) is 12.8 Å². The van der Waals surface area contributed by atoms with Gasteiger partial charge in [0.05, 0.1) is 43.4 Å². The number of nitrogens with one attached hydrogen (secondary N) is 1. The molecule has 10 atom stereocenters. The van der Waals surface area contributed by atoms with Crippen LogP contribution in [0.25, 0.3) is 22.3 Å². The van der Waals surface area contributed by atoms with Gasteiger partial charge in [-0.05, 0) is 83.3 Å². The van der Waals surface area contributed by atoms with Crippen molar-refractivity contribution >= 4 is 47.9 Å². The van der Waals surface area contributed by atoms with E-state index in [1.54, 1.807) is 32.0 Å². The molecule has 1 unspecified atom stereocenters. The van der Waals surface area contributed by atoms with E-state index in [9.17, 15) is 24.7 Å². The molecular formula is C44H52F2N11O10P. The lowest BCUT2D eigenvalue weighted by molar-refractivity contribution is -0.149. The molecule has 362 valence electrons. The summed E-state index contributed by atoms with van der Waals surface area (Å²) in [5.41, 5.74) is 9.20. The molecule has 8 N–H and O–H groups in total. The number of anilines is 2. The standard InChI is InChI=1S/C28H34FN6O7P.C16H18FN5O3/c1-5-28(29)23(36)21(41-26(28)35-15-31-22-20(13-18-11-12-18)32-27(30)33-24(22)35)14-39-43(38,42-19-9-7-6-8-10-19)34-17(4)25(37)40-16(2)3;1-2-16(17)12(24)10(6-23)25-14(16)22-7-19-11-9(5-8-3-4-8)20-15(18)21-13(11)22/h1,6-10,15-18,21,23,26,36H,11-14H2,2-4H3,(H,34,38)(H2,30,32,33);1,7-8,10,12,14,23-24H,3-6H2,(H2,18,20,21)/t17-,21+,23+,26+,28+,43?;10-,12-,14-,16-/m01/s1. The van der Waals surface area contributed by atoms with Crippen molar-refractivity contribution < 1.29 is 56.7 Å². The van der Waals surface area contributed by atoms with Gasteiger partial charge in [-0.25, -0.2) is 33.3 Å². The summed E-state index contributed by atoms with van der Waals surface area (Å²) in [5.74, 6) is 4.47. The zero-order chi connectivity index (χ0) is 48.7. The number of fused-ring (bicyclic) bond motifs is 2. The molecule has 0 bridgehead atoms. The molecule has 4 aromatic heterocycles. The third-order valence-corrected chi connectivity index (χ3v) is 13.5. The molecule has 2 aliphatic carbocycles. The average Bonchev–Trinajstić information content (AvgIpc) is 4.18. The maximum absolute atomic E-state index is 16.3. The van der Waals surface area contributed by atoms with Crippen LogP contribution in [0.5, 0.6) is 5.75 Å². The first-order valence-electron chi connectivity index (χ1n) is 22.0. The van der Waals surface area contributed by atoms with Crippen LogP contribution in [-0.4, -0.2) is 121 Å². The molecule has 6 heterocycles. The quantitative estimate of drug-likeness (QED) is 0.0471. The minimum Gasteiger partial charge on any atom is -0.462 e. The van der Waals surface area contributed by atoms with Crippen LogP contribution < -0.4 is 21.1 Å². The smallest absolute Gasteiger partial charge is 0.459 e. The highest BCUT2D eigenvalue weighted by atomic mass is 31.2. The number of alkyl halides is 2. The number of halogens is 2. The second-order valence-corrected chi connectivity index (χ2v) is 19.2. The number of esters is 1. The molecule has 0 spiro atoms. The lowest BCUT2D eigenvalue weighted by Crippen LogP contribution is -2.42. The van der Waals surface area contributed by atoms with Gasteiger partial charge in [0.25, 0.3) is 0 Å². The fraction of sp³-hybridized carbons (Fsp3) is 0.523. The second-order valence-electron chi connectivity index (χ2n) is 17.5. The van der Waals surface area contributed by atoms with Crippen LogP contribution in [0.15, 0.2) is 43.0 Å². The molecule has 4 fully saturated rings. The van der Waals surface area contributed by atoms with Crippen molar-refractivity contribution in [1.82, 2.24) is 44.1 Å². The third-order valence-electron chi connectivity index (χ3n) is 11.8. The summed E-state index contributed by atoms with van der Waals surface area (Å²) in [4.78, 5) is 38.0. The van der Waals surface area contributed by atoms with Crippen molar-refractivity contribution in [2.75, 3.05) is 24.7 Å². The van der Waals surface area contributed by atoms with E-state index in [1.165, 1.54) is 40.8 Å². The van der Waals surface area contributed by atoms with Crippen molar-refractivity contribution in [3.8, 4) is 30.4 Å². The number of benzene rings is 1. The Labute approximate surface area is 388 Å². The van der Waals surface area contributed by atoms with Crippen molar-refractivity contribution in [2.24, 2.45) is 11.8 Å².